The summed E-state index contributed by atoms with van der Waals surface area (Å²) in [5, 5.41) is 8.09. The van der Waals surface area contributed by atoms with Crippen LogP contribution in [-0.2, 0) is 40.9 Å². The zero-order valence-electron chi connectivity index (χ0n) is 28.5. The predicted molar refractivity (Wildman–Crippen MR) is 177 cm³/mol. The second-order valence-electron chi connectivity index (χ2n) is 14.6. The molecule has 0 unspecified atom stereocenters. The highest BCUT2D eigenvalue weighted by atomic mass is 32.2. The number of alkyl halides is 3. The fourth-order valence-corrected chi connectivity index (χ4v) is 8.70. The molecule has 2 saturated carbocycles. The van der Waals surface area contributed by atoms with E-state index in [-0.39, 0.29) is 28.7 Å². The van der Waals surface area contributed by atoms with Gasteiger partial charge in [-0.25, -0.2) is 21.8 Å². The molecule has 0 saturated heterocycles. The maximum atomic E-state index is 12.9. The minimum Gasteiger partial charge on any atom is -0.359 e. The summed E-state index contributed by atoms with van der Waals surface area (Å²) in [7, 11) is -7.26. The summed E-state index contributed by atoms with van der Waals surface area (Å²) in [6, 6.07) is 3.42. The Morgan fingerprint density at radius 2 is 1.35 bits per heavy atom. The highest BCUT2D eigenvalue weighted by Crippen LogP contribution is 2.35. The molecule has 2 N–H and O–H groups in total. The normalized spacial score (nSPS) is 17.1. The van der Waals surface area contributed by atoms with Gasteiger partial charge in [-0.15, -0.1) is 0 Å². The maximum absolute atomic E-state index is 12.9. The number of halogens is 3. The van der Waals surface area contributed by atoms with Crippen LogP contribution < -0.4 is 10.6 Å². The second kappa shape index (κ2) is 14.5. The summed E-state index contributed by atoms with van der Waals surface area (Å²) in [5.41, 5.74) is -1.18. The maximum Gasteiger partial charge on any atom is 0.417 e. The van der Waals surface area contributed by atoms with E-state index < -0.39 is 58.0 Å². The average Bonchev–Trinajstić information content (AvgIpc) is 3.71. The third-order valence-corrected chi connectivity index (χ3v) is 14.4. The smallest absolute Gasteiger partial charge is 0.359 e. The Kier molecular flexibility index (Phi) is 11.9. The van der Waals surface area contributed by atoms with Gasteiger partial charge in [-0.2, -0.15) is 13.2 Å². The fourth-order valence-electron chi connectivity index (χ4n) is 4.90. The van der Waals surface area contributed by atoms with Crippen molar-refractivity contribution in [3.8, 4) is 0 Å². The second-order valence-corrected chi connectivity index (χ2v) is 19.9. The topological polar surface area (TPSA) is 165 Å². The van der Waals surface area contributed by atoms with Crippen molar-refractivity contribution in [2.75, 3.05) is 16.4 Å². The van der Waals surface area contributed by atoms with Gasteiger partial charge in [-0.1, -0.05) is 51.6 Å². The Morgan fingerprint density at radius 3 is 1.81 bits per heavy atom. The molecule has 2 aromatic heterocycles. The predicted octanol–water partition coefficient (Wildman–Crippen LogP) is 6.47. The van der Waals surface area contributed by atoms with E-state index in [0.717, 1.165) is 50.7 Å². The standard InChI is InChI=1S/C17H23F3N2O3S.C15H24N2O4S/c1-16(2,26(24,25)13-7-5-3-4-6-8-13)15(23)22-14-10-9-12(11-21-14)17(18,19)20;1-14(2,3)11-8-12(17-21-11)16-13(18)15(4,5)22(19,20)9-10-6-7-10/h9-11,13H,3-8H2,1-2H3,(H,21,22,23);8,10H,6-7,9H2,1-5H3,(H,16,17,18). The molecule has 2 aliphatic rings. The van der Waals surface area contributed by atoms with E-state index >= 15 is 0 Å². The van der Waals surface area contributed by atoms with Crippen molar-refractivity contribution in [1.29, 1.82) is 0 Å². The molecule has 2 heterocycles. The van der Waals surface area contributed by atoms with Crippen LogP contribution in [0.1, 0.15) is 111 Å². The molecular formula is C32H47F3N4O7S2. The van der Waals surface area contributed by atoms with E-state index in [4.69, 9.17) is 4.52 Å². The first kappa shape index (κ1) is 39.4. The zero-order chi connectivity index (χ0) is 36.3. The van der Waals surface area contributed by atoms with Crippen molar-refractivity contribution >= 4 is 43.1 Å². The average molecular weight is 721 g/mol. The van der Waals surface area contributed by atoms with Gasteiger partial charge in [0.05, 0.1) is 16.6 Å². The van der Waals surface area contributed by atoms with Gasteiger partial charge >= 0.3 is 6.18 Å². The highest BCUT2D eigenvalue weighted by molar-refractivity contribution is 7.94. The Balaban J connectivity index is 0.000000264. The van der Waals surface area contributed by atoms with Crippen LogP contribution in [0.2, 0.25) is 0 Å². The molecule has 0 aromatic carbocycles. The van der Waals surface area contributed by atoms with E-state index in [1.807, 2.05) is 20.8 Å². The Hall–Kier alpha value is -3.01. The molecule has 11 nitrogen and oxygen atoms in total. The number of sulfone groups is 2. The largest absolute Gasteiger partial charge is 0.417 e. The first-order chi connectivity index (χ1) is 21.9. The molecule has 270 valence electrons. The van der Waals surface area contributed by atoms with Crippen LogP contribution >= 0.6 is 0 Å². The number of nitrogens with one attached hydrogen (secondary N) is 2. The number of aromatic nitrogens is 2. The van der Waals surface area contributed by atoms with Crippen molar-refractivity contribution in [3.63, 3.8) is 0 Å². The van der Waals surface area contributed by atoms with Gasteiger partial charge in [0.2, 0.25) is 11.8 Å². The van der Waals surface area contributed by atoms with Gasteiger partial charge in [0.15, 0.2) is 25.5 Å². The molecule has 0 atom stereocenters. The summed E-state index contributed by atoms with van der Waals surface area (Å²) in [4.78, 5) is 28.5. The number of pyridine rings is 1. The molecule has 2 fully saturated rings. The monoisotopic (exact) mass is 720 g/mol. The zero-order valence-corrected chi connectivity index (χ0v) is 30.2. The summed E-state index contributed by atoms with van der Waals surface area (Å²) < 4.78 is 90.4. The lowest BCUT2D eigenvalue weighted by atomic mass is 9.93. The van der Waals surface area contributed by atoms with Crippen LogP contribution in [0.5, 0.6) is 0 Å². The molecule has 2 amide bonds. The number of anilines is 2. The molecular weight excluding hydrogens is 674 g/mol. The molecule has 2 aromatic rings. The summed E-state index contributed by atoms with van der Waals surface area (Å²) >= 11 is 0. The van der Waals surface area contributed by atoms with Crippen molar-refractivity contribution in [1.82, 2.24) is 10.1 Å². The lowest BCUT2D eigenvalue weighted by molar-refractivity contribution is -0.137. The van der Waals surface area contributed by atoms with Gasteiger partial charge in [-0.05, 0) is 71.4 Å². The van der Waals surface area contributed by atoms with Crippen molar-refractivity contribution in [2.24, 2.45) is 5.92 Å². The lowest BCUT2D eigenvalue weighted by Gasteiger charge is -2.28. The van der Waals surface area contributed by atoms with Gasteiger partial charge < -0.3 is 15.2 Å². The van der Waals surface area contributed by atoms with Crippen molar-refractivity contribution < 1.29 is 44.1 Å². The van der Waals surface area contributed by atoms with Gasteiger partial charge in [0.1, 0.15) is 21.1 Å². The van der Waals surface area contributed by atoms with E-state index in [9.17, 15) is 39.6 Å². The van der Waals surface area contributed by atoms with Crippen LogP contribution in [0.4, 0.5) is 24.8 Å². The fraction of sp³-hybridized carbons (Fsp3) is 0.688. The van der Waals surface area contributed by atoms with Crippen molar-refractivity contribution in [2.45, 2.75) is 126 Å². The van der Waals surface area contributed by atoms with E-state index in [0.29, 0.717) is 24.8 Å². The minimum atomic E-state index is -4.53. The minimum absolute atomic E-state index is 0.0689. The third-order valence-electron chi connectivity index (χ3n) is 8.80. The SMILES string of the molecule is CC(C)(C(=O)Nc1ccc(C(F)(F)F)cn1)S(=O)(=O)C1CCCCCC1.CC(C)(C)c1cc(NC(=O)C(C)(C)S(=O)(=O)CC2CC2)no1. The number of nitrogens with zero attached hydrogens (tertiary/aromatic N) is 2. The summed E-state index contributed by atoms with van der Waals surface area (Å²) in [5.74, 6) is -0.356. The number of carbonyl (C=O) groups is 2. The van der Waals surface area contributed by atoms with E-state index in [1.54, 1.807) is 6.07 Å². The molecule has 0 radical (unpaired) electrons. The van der Waals surface area contributed by atoms with Gasteiger partial charge in [-0.3, -0.25) is 9.59 Å². The van der Waals surface area contributed by atoms with Crippen LogP contribution in [0, 0.1) is 5.92 Å². The van der Waals surface area contributed by atoms with Gasteiger partial charge in [0.25, 0.3) is 0 Å². The van der Waals surface area contributed by atoms with Crippen LogP contribution in [0.25, 0.3) is 0 Å². The molecule has 2 aliphatic carbocycles. The van der Waals surface area contributed by atoms with Crippen LogP contribution in [-0.4, -0.2) is 59.3 Å². The van der Waals surface area contributed by atoms with E-state index in [1.165, 1.54) is 27.7 Å². The number of rotatable bonds is 9. The summed E-state index contributed by atoms with van der Waals surface area (Å²) in [6.45, 7) is 11.4. The number of amides is 2. The van der Waals surface area contributed by atoms with Crippen molar-refractivity contribution in [3.05, 3.63) is 35.7 Å². The highest BCUT2D eigenvalue weighted by Gasteiger charge is 2.47. The first-order valence-electron chi connectivity index (χ1n) is 16.0. The Labute approximate surface area is 281 Å². The van der Waals surface area contributed by atoms with Crippen LogP contribution in [0.3, 0.4) is 0 Å². The first-order valence-corrected chi connectivity index (χ1v) is 19.2. The molecule has 0 bridgehead atoms. The van der Waals surface area contributed by atoms with E-state index in [2.05, 4.69) is 20.8 Å². The number of carbonyl (C=O) groups excluding carboxylic acids is 2. The molecule has 0 aliphatic heterocycles. The van der Waals surface area contributed by atoms with Gasteiger partial charge in [0, 0.05) is 17.7 Å². The Morgan fingerprint density at radius 1 is 0.812 bits per heavy atom. The quantitative estimate of drug-likeness (QED) is 0.276. The molecule has 48 heavy (non-hydrogen) atoms. The third kappa shape index (κ3) is 9.57. The number of hydrogen-bond acceptors (Lipinski definition) is 9. The lowest BCUT2D eigenvalue weighted by Crippen LogP contribution is -2.48. The summed E-state index contributed by atoms with van der Waals surface area (Å²) in [6.07, 6.45) is 2.55. The van der Waals surface area contributed by atoms with Crippen LogP contribution in [0.15, 0.2) is 28.9 Å². The molecule has 4 rings (SSSR count). The Bertz CT molecular complexity index is 1650. The molecule has 0 spiro atoms. The molecule has 16 heteroatoms. The number of hydrogen-bond donors (Lipinski definition) is 2.